The lowest BCUT2D eigenvalue weighted by molar-refractivity contribution is -0.155. The molecule has 2 fully saturated rings. The number of hydrogen-bond donors (Lipinski definition) is 4. The summed E-state index contributed by atoms with van der Waals surface area (Å²) in [6, 6.07) is 14.3. The lowest BCUT2D eigenvalue weighted by atomic mass is 9.72. The lowest BCUT2D eigenvalue weighted by Crippen LogP contribution is -2.69. The predicted octanol–water partition coefficient (Wildman–Crippen LogP) is 5.34. The van der Waals surface area contributed by atoms with Crippen molar-refractivity contribution in [2.24, 2.45) is 0 Å². The molecule has 314 valence electrons. The van der Waals surface area contributed by atoms with E-state index < -0.39 is 46.9 Å². The van der Waals surface area contributed by atoms with Crippen molar-refractivity contribution < 1.29 is 48.2 Å². The third-order valence-electron chi connectivity index (χ3n) is 13.1. The molecule has 4 aromatic rings. The maximum Gasteiger partial charge on any atom is 0.336 e. The number of nitrogens with one attached hydrogen (secondary N) is 2. The molecular weight excluding hydrogens is 801 g/mol. The summed E-state index contributed by atoms with van der Waals surface area (Å²) in [7, 11) is 2.99. The second-order valence-electron chi connectivity index (χ2n) is 16.2. The number of nitriles is 1. The molecule has 4 aromatic carbocycles. The number of esters is 2. The topological polar surface area (TPSA) is 181 Å². The van der Waals surface area contributed by atoms with Crippen molar-refractivity contribution in [2.75, 3.05) is 39.9 Å². The number of carbonyl (C=O) groups excluding carboxylic acids is 2. The molecule has 0 aromatic heterocycles. The number of carbonyl (C=O) groups is 2. The van der Waals surface area contributed by atoms with Crippen molar-refractivity contribution >= 4 is 29.8 Å². The summed E-state index contributed by atoms with van der Waals surface area (Å²) in [5, 5.41) is 40.7. The van der Waals surface area contributed by atoms with Gasteiger partial charge in [0.15, 0.2) is 40.0 Å². The van der Waals surface area contributed by atoms with E-state index in [4.69, 9.17) is 28.4 Å². The Hall–Kier alpha value is -5.92. The number of nitrogens with zero attached hydrogens (tertiary/aromatic N) is 2. The van der Waals surface area contributed by atoms with E-state index >= 15 is 0 Å². The predicted molar refractivity (Wildman–Crippen MR) is 223 cm³/mol. The van der Waals surface area contributed by atoms with Crippen molar-refractivity contribution in [1.29, 1.82) is 5.26 Å². The summed E-state index contributed by atoms with van der Waals surface area (Å²) in [6.07, 6.45) is 4.07. The molecule has 4 bridgehead atoms. The number of thioether (sulfide) groups is 1. The van der Waals surface area contributed by atoms with E-state index in [0.717, 1.165) is 22.3 Å². The van der Waals surface area contributed by atoms with Gasteiger partial charge in [0.25, 0.3) is 0 Å². The summed E-state index contributed by atoms with van der Waals surface area (Å²) in [6.45, 7) is 3.84. The quantitative estimate of drug-likeness (QED) is 0.115. The number of fused-ring (bicyclic) bond motifs is 9. The van der Waals surface area contributed by atoms with E-state index in [2.05, 4.69) is 21.6 Å². The number of piperazine rings is 1. The van der Waals surface area contributed by atoms with Crippen LogP contribution in [0.15, 0.2) is 54.6 Å². The van der Waals surface area contributed by atoms with Gasteiger partial charge in [-0.25, -0.2) is 9.59 Å². The van der Waals surface area contributed by atoms with Crippen LogP contribution in [-0.2, 0) is 32.7 Å². The number of phenolic OH excluding ortho intramolecular Hbond substituents is 2. The standard InChI is InChI=1S/C46H44N4O10S/c1-22-14-26-15-28-29(18-47)50-30-19-57-45(54)46(27-17-32(55-3)31(51)16-25(27)12-13-48-46)20-61-44(38(50)37(49-28)34(26)39(53)40(22)56-4)36-35(30)43-42(58-21-59-43)23(2)41(36)60-33(52)11-10-24-8-6-5-7-9-24/h5-11,14,16-17,28-30,37-38,44,48-49,51,53H,12-13,15,19-21H2,1-4H3/b11-10+/t28-,29+,30+,37+,38?,44-,46-/m1/s1. The molecular formula is C46H44N4O10S. The van der Waals surface area contributed by atoms with Crippen molar-refractivity contribution in [3.63, 3.8) is 0 Å². The number of benzene rings is 4. The van der Waals surface area contributed by atoms with Crippen molar-refractivity contribution in [1.82, 2.24) is 15.5 Å². The van der Waals surface area contributed by atoms with Crippen LogP contribution in [0.1, 0.15) is 67.4 Å². The molecule has 4 N–H and O–H groups in total. The average molecular weight is 845 g/mol. The largest absolute Gasteiger partial charge is 0.504 e. The first-order valence-electron chi connectivity index (χ1n) is 20.3. The number of methoxy groups -OCH3 is 2. The van der Waals surface area contributed by atoms with Gasteiger partial charge < -0.3 is 44.0 Å². The molecule has 0 saturated carbocycles. The van der Waals surface area contributed by atoms with Crippen LogP contribution in [0.4, 0.5) is 0 Å². The van der Waals surface area contributed by atoms with Gasteiger partial charge in [-0.1, -0.05) is 36.4 Å². The molecule has 1 unspecified atom stereocenters. The van der Waals surface area contributed by atoms with Gasteiger partial charge in [0.2, 0.25) is 6.79 Å². The fourth-order valence-electron chi connectivity index (χ4n) is 10.5. The van der Waals surface area contributed by atoms with E-state index in [0.29, 0.717) is 64.5 Å². The van der Waals surface area contributed by atoms with Crippen LogP contribution in [0.25, 0.3) is 6.08 Å². The molecule has 7 aliphatic rings. The molecule has 0 amide bonds. The molecule has 1 spiro atoms. The van der Waals surface area contributed by atoms with Crippen molar-refractivity contribution in [3.05, 3.63) is 105 Å². The van der Waals surface area contributed by atoms with E-state index in [1.807, 2.05) is 50.2 Å². The second-order valence-corrected chi connectivity index (χ2v) is 17.4. The van der Waals surface area contributed by atoms with E-state index in [-0.39, 0.29) is 48.2 Å². The van der Waals surface area contributed by atoms with Crippen molar-refractivity contribution in [3.8, 4) is 46.3 Å². The van der Waals surface area contributed by atoms with Crippen LogP contribution in [0.3, 0.4) is 0 Å². The summed E-state index contributed by atoms with van der Waals surface area (Å²) in [5.74, 6) is 0.663. The van der Waals surface area contributed by atoms with Crippen LogP contribution < -0.4 is 34.3 Å². The van der Waals surface area contributed by atoms with Gasteiger partial charge in [-0.15, -0.1) is 11.8 Å². The third-order valence-corrected chi connectivity index (χ3v) is 14.6. The number of aromatic hydroxyl groups is 2. The Morgan fingerprint density at radius 2 is 1.82 bits per heavy atom. The Morgan fingerprint density at radius 1 is 1.02 bits per heavy atom. The van der Waals surface area contributed by atoms with Gasteiger partial charge in [-0.05, 0) is 72.7 Å². The van der Waals surface area contributed by atoms with Gasteiger partial charge in [-0.2, -0.15) is 5.26 Å². The highest BCUT2D eigenvalue weighted by atomic mass is 32.2. The van der Waals surface area contributed by atoms with Crippen molar-refractivity contribution in [2.45, 2.75) is 67.7 Å². The fraction of sp³-hybridized carbons (Fsp3) is 0.370. The maximum absolute atomic E-state index is 14.9. The minimum atomic E-state index is -1.39. The molecule has 11 rings (SSSR count). The SMILES string of the molecule is COc1cc2c(cc1O)CCN[C@]21CS[C@@H]2c3c(OC(=O)/C=C/c4ccccc4)c(C)c4c(c3[C@H](COC1=O)N1C2[C@H]2N[C@H](Cc3cc(C)c(OC)c(O)c32)[C@@H]1C#N)OCO4. The first-order chi connectivity index (χ1) is 29.6. The molecule has 61 heavy (non-hydrogen) atoms. The average Bonchev–Trinajstić information content (AvgIpc) is 3.76. The maximum atomic E-state index is 14.9. The first-order valence-corrected chi connectivity index (χ1v) is 21.3. The molecule has 2 saturated heterocycles. The van der Waals surface area contributed by atoms with Crippen LogP contribution in [-0.4, -0.2) is 85.1 Å². The molecule has 14 nitrogen and oxygen atoms in total. The van der Waals surface area contributed by atoms with Crippen LogP contribution in [0.2, 0.25) is 0 Å². The van der Waals surface area contributed by atoms with E-state index in [1.54, 1.807) is 18.2 Å². The first kappa shape index (κ1) is 39.2. The highest BCUT2D eigenvalue weighted by Crippen LogP contribution is 2.63. The Kier molecular flexibility index (Phi) is 9.59. The summed E-state index contributed by atoms with van der Waals surface area (Å²) >= 11 is 1.46. The monoisotopic (exact) mass is 844 g/mol. The molecule has 0 aliphatic carbocycles. The number of aryl methyl sites for hydroxylation is 1. The number of ether oxygens (including phenoxy) is 6. The van der Waals surface area contributed by atoms with E-state index in [9.17, 15) is 25.1 Å². The Labute approximate surface area is 356 Å². The van der Waals surface area contributed by atoms with Gasteiger partial charge in [0, 0.05) is 52.7 Å². The van der Waals surface area contributed by atoms with Gasteiger partial charge in [0.05, 0.1) is 37.6 Å². The Balaban J connectivity index is 1.21. The summed E-state index contributed by atoms with van der Waals surface area (Å²) < 4.78 is 36.6. The Bertz CT molecular complexity index is 2580. The minimum absolute atomic E-state index is 0.0132. The van der Waals surface area contributed by atoms with E-state index in [1.165, 1.54) is 32.1 Å². The van der Waals surface area contributed by atoms with Crippen LogP contribution in [0, 0.1) is 25.2 Å². The lowest BCUT2D eigenvalue weighted by Gasteiger charge is -2.59. The van der Waals surface area contributed by atoms with Crippen LogP contribution in [0.5, 0.6) is 40.2 Å². The molecule has 7 heterocycles. The highest BCUT2D eigenvalue weighted by molar-refractivity contribution is 7.99. The zero-order valence-electron chi connectivity index (χ0n) is 33.9. The fourth-order valence-corrected chi connectivity index (χ4v) is 12.2. The minimum Gasteiger partial charge on any atom is -0.504 e. The molecule has 0 radical (unpaired) electrons. The second kappa shape index (κ2) is 14.9. The van der Waals surface area contributed by atoms with Crippen LogP contribution >= 0.6 is 11.8 Å². The normalized spacial score (nSPS) is 27.0. The number of phenols is 2. The number of hydrogen-bond acceptors (Lipinski definition) is 15. The summed E-state index contributed by atoms with van der Waals surface area (Å²) in [5.41, 5.74) is 4.97. The van der Waals surface area contributed by atoms with Gasteiger partial charge in [0.1, 0.15) is 18.4 Å². The Morgan fingerprint density at radius 3 is 2.59 bits per heavy atom. The molecule has 15 heteroatoms. The van der Waals surface area contributed by atoms with Gasteiger partial charge >= 0.3 is 11.9 Å². The molecule has 7 atom stereocenters. The number of rotatable bonds is 5. The zero-order chi connectivity index (χ0) is 42.3. The zero-order valence-corrected chi connectivity index (χ0v) is 34.8. The van der Waals surface area contributed by atoms with Gasteiger partial charge in [-0.3, -0.25) is 10.2 Å². The molecule has 7 aliphatic heterocycles. The smallest absolute Gasteiger partial charge is 0.336 e. The summed E-state index contributed by atoms with van der Waals surface area (Å²) in [4.78, 5) is 31.0. The third kappa shape index (κ3) is 5.94. The highest BCUT2D eigenvalue weighted by Gasteiger charge is 2.60.